The Bertz CT molecular complexity index is 1030. The first-order valence-corrected chi connectivity index (χ1v) is 12.4. The molecule has 1 saturated heterocycles. The van der Waals surface area contributed by atoms with Crippen LogP contribution in [0.25, 0.3) is 0 Å². The molecule has 3 rings (SSSR count). The number of alkyl halides is 6. The van der Waals surface area contributed by atoms with E-state index in [1.165, 1.54) is 6.92 Å². The molecule has 14 heteroatoms. The molecule has 1 heterocycles. The summed E-state index contributed by atoms with van der Waals surface area (Å²) < 4.78 is 112. The zero-order chi connectivity index (χ0) is 26.4. The maximum atomic E-state index is 13.1. The largest absolute Gasteiger partial charge is 0.416 e. The highest BCUT2D eigenvalue weighted by atomic mass is 32.2. The van der Waals surface area contributed by atoms with E-state index in [1.54, 1.807) is 6.92 Å². The average Bonchev–Trinajstić information content (AvgIpc) is 3.58. The van der Waals surface area contributed by atoms with Gasteiger partial charge in [-0.1, -0.05) is 0 Å². The number of sulfonamides is 1. The predicted molar refractivity (Wildman–Crippen MR) is 113 cm³/mol. The number of hydrogen-bond donors (Lipinski definition) is 3. The van der Waals surface area contributed by atoms with Gasteiger partial charge in [-0.15, -0.1) is 0 Å². The molecule has 1 aliphatic heterocycles. The van der Waals surface area contributed by atoms with Gasteiger partial charge in [0.25, 0.3) is 0 Å². The number of carbonyl (C=O) groups is 1. The monoisotopic (exact) mass is 531 g/mol. The Balaban J connectivity index is 1.70. The maximum Gasteiger partial charge on any atom is 0.416 e. The normalized spacial score (nSPS) is 27.0. The summed E-state index contributed by atoms with van der Waals surface area (Å²) in [6.07, 6.45) is -9.84. The van der Waals surface area contributed by atoms with E-state index in [0.29, 0.717) is 25.0 Å². The standard InChI is InChI=1S/C21H27F6N3O4S/c1-12(13-7-14(20(22,23)24)9-15(8-13)21(25,26)27)34-11-18(2)5-6-19(10-29-18,17(28)31)30-35(32,33)16-3-4-16/h7-9,12,16,29-30H,3-6,10-11H2,1-2H3,(H2,28,31). The molecule has 0 aromatic heterocycles. The van der Waals surface area contributed by atoms with Crippen molar-refractivity contribution >= 4 is 15.9 Å². The third-order valence-electron chi connectivity index (χ3n) is 6.42. The van der Waals surface area contributed by atoms with Crippen LogP contribution in [0.1, 0.15) is 62.3 Å². The van der Waals surface area contributed by atoms with Gasteiger partial charge in [0, 0.05) is 12.1 Å². The number of halogens is 6. The van der Waals surface area contributed by atoms with Gasteiger partial charge < -0.3 is 15.8 Å². The Morgan fingerprint density at radius 1 is 1.14 bits per heavy atom. The van der Waals surface area contributed by atoms with Crippen LogP contribution in [-0.4, -0.2) is 43.8 Å². The topological polar surface area (TPSA) is 111 Å². The number of benzene rings is 1. The third kappa shape index (κ3) is 6.46. The molecule has 2 fully saturated rings. The molecule has 0 spiro atoms. The fraction of sp³-hybridized carbons (Fsp3) is 0.667. The van der Waals surface area contributed by atoms with Gasteiger partial charge in [-0.2, -0.15) is 31.1 Å². The Labute approximate surface area is 198 Å². The molecule has 3 unspecified atom stereocenters. The van der Waals surface area contributed by atoms with Crippen LogP contribution in [0.2, 0.25) is 0 Å². The smallest absolute Gasteiger partial charge is 0.372 e. The Hall–Kier alpha value is -1.90. The van der Waals surface area contributed by atoms with Crippen LogP contribution >= 0.6 is 0 Å². The third-order valence-corrected chi connectivity index (χ3v) is 8.45. The molecule has 1 aliphatic carbocycles. The van der Waals surface area contributed by atoms with E-state index in [4.69, 9.17) is 10.5 Å². The average molecular weight is 532 g/mol. The Kier molecular flexibility index (Phi) is 7.27. The molecule has 0 radical (unpaired) electrons. The van der Waals surface area contributed by atoms with Crippen LogP contribution in [0.5, 0.6) is 0 Å². The molecular weight excluding hydrogens is 504 g/mol. The summed E-state index contributed by atoms with van der Waals surface area (Å²) in [5, 5.41) is 2.45. The molecule has 1 aromatic rings. The fourth-order valence-electron chi connectivity index (χ4n) is 3.85. The molecular formula is C21H27F6N3O4S. The number of primary amides is 1. The minimum absolute atomic E-state index is 0.0390. The SMILES string of the molecule is CC(OCC1(C)CCC(NS(=O)(=O)C2CC2)(C(N)=O)CN1)c1cc(C(F)(F)F)cc(C(F)(F)F)c1. The van der Waals surface area contributed by atoms with E-state index in [1.807, 2.05) is 0 Å². The van der Waals surface area contributed by atoms with Gasteiger partial charge in [0.1, 0.15) is 5.54 Å². The van der Waals surface area contributed by atoms with Crippen molar-refractivity contribution in [2.24, 2.45) is 5.73 Å². The minimum Gasteiger partial charge on any atom is -0.372 e. The molecule has 1 amide bonds. The van der Waals surface area contributed by atoms with E-state index in [-0.39, 0.29) is 37.6 Å². The van der Waals surface area contributed by atoms with Crippen molar-refractivity contribution in [1.29, 1.82) is 0 Å². The summed E-state index contributed by atoms with van der Waals surface area (Å²) in [6, 6.07) is 1.27. The lowest BCUT2D eigenvalue weighted by Gasteiger charge is -2.44. The Morgan fingerprint density at radius 3 is 2.09 bits per heavy atom. The molecule has 35 heavy (non-hydrogen) atoms. The highest BCUT2D eigenvalue weighted by molar-refractivity contribution is 7.90. The lowest BCUT2D eigenvalue weighted by molar-refractivity contribution is -0.143. The van der Waals surface area contributed by atoms with Crippen molar-refractivity contribution in [1.82, 2.24) is 10.0 Å². The first-order valence-electron chi connectivity index (χ1n) is 10.9. The molecule has 0 bridgehead atoms. The summed E-state index contributed by atoms with van der Waals surface area (Å²) in [5.74, 6) is -0.853. The molecule has 1 aromatic carbocycles. The molecule has 7 nitrogen and oxygen atoms in total. The quantitative estimate of drug-likeness (QED) is 0.446. The zero-order valence-corrected chi connectivity index (χ0v) is 19.8. The van der Waals surface area contributed by atoms with Crippen LogP contribution in [0, 0.1) is 0 Å². The number of carbonyl (C=O) groups excluding carboxylic acids is 1. The van der Waals surface area contributed by atoms with Crippen LogP contribution in [0.15, 0.2) is 18.2 Å². The van der Waals surface area contributed by atoms with Crippen molar-refractivity contribution in [2.45, 2.75) is 74.3 Å². The number of ether oxygens (including phenoxy) is 1. The lowest BCUT2D eigenvalue weighted by atomic mass is 9.81. The summed E-state index contributed by atoms with van der Waals surface area (Å²) in [5.41, 5.74) is -0.0611. The molecule has 3 atom stereocenters. The second-order valence-corrected chi connectivity index (χ2v) is 11.5. The number of rotatable bonds is 8. The number of amides is 1. The van der Waals surface area contributed by atoms with Gasteiger partial charge in [0.05, 0.1) is 29.1 Å². The van der Waals surface area contributed by atoms with Crippen LogP contribution in [-0.2, 0) is 31.9 Å². The lowest BCUT2D eigenvalue weighted by Crippen LogP contribution is -2.69. The zero-order valence-electron chi connectivity index (χ0n) is 19.0. The predicted octanol–water partition coefficient (Wildman–Crippen LogP) is 3.25. The second kappa shape index (κ2) is 9.20. The van der Waals surface area contributed by atoms with E-state index >= 15 is 0 Å². The summed E-state index contributed by atoms with van der Waals surface area (Å²) in [7, 11) is -3.73. The van der Waals surface area contributed by atoms with Gasteiger partial charge in [-0.3, -0.25) is 4.79 Å². The van der Waals surface area contributed by atoms with Crippen molar-refractivity contribution in [3.05, 3.63) is 34.9 Å². The fourth-order valence-corrected chi connectivity index (χ4v) is 5.60. The first-order chi connectivity index (χ1) is 15.9. The number of piperidine rings is 1. The summed E-state index contributed by atoms with van der Waals surface area (Å²) >= 11 is 0. The van der Waals surface area contributed by atoms with E-state index in [2.05, 4.69) is 10.0 Å². The highest BCUT2D eigenvalue weighted by Crippen LogP contribution is 2.38. The van der Waals surface area contributed by atoms with Crippen molar-refractivity contribution in [2.75, 3.05) is 13.2 Å². The van der Waals surface area contributed by atoms with Crippen LogP contribution in [0.4, 0.5) is 26.3 Å². The van der Waals surface area contributed by atoms with E-state index in [9.17, 15) is 39.6 Å². The van der Waals surface area contributed by atoms with Crippen LogP contribution in [0.3, 0.4) is 0 Å². The maximum absolute atomic E-state index is 13.1. The van der Waals surface area contributed by atoms with Gasteiger partial charge in [0.2, 0.25) is 15.9 Å². The number of nitrogens with one attached hydrogen (secondary N) is 2. The molecule has 2 aliphatic rings. The summed E-state index contributed by atoms with van der Waals surface area (Å²) in [4.78, 5) is 12.1. The van der Waals surface area contributed by atoms with Gasteiger partial charge in [-0.25, -0.2) is 8.42 Å². The Morgan fingerprint density at radius 2 is 1.69 bits per heavy atom. The van der Waals surface area contributed by atoms with Crippen LogP contribution < -0.4 is 15.8 Å². The number of hydrogen-bond acceptors (Lipinski definition) is 5. The van der Waals surface area contributed by atoms with Gasteiger partial charge in [-0.05, 0) is 63.3 Å². The minimum atomic E-state index is -4.97. The van der Waals surface area contributed by atoms with Crippen molar-refractivity contribution in [3.8, 4) is 0 Å². The highest BCUT2D eigenvalue weighted by Gasteiger charge is 2.49. The first kappa shape index (κ1) is 27.7. The van der Waals surface area contributed by atoms with E-state index < -0.39 is 61.8 Å². The summed E-state index contributed by atoms with van der Waals surface area (Å²) in [6.45, 7) is 2.74. The van der Waals surface area contributed by atoms with E-state index in [0.717, 1.165) is 0 Å². The number of nitrogens with two attached hydrogens (primary N) is 1. The second-order valence-electron chi connectivity index (χ2n) is 9.50. The van der Waals surface area contributed by atoms with Gasteiger partial charge in [0.15, 0.2) is 0 Å². The molecule has 198 valence electrons. The van der Waals surface area contributed by atoms with Crippen molar-refractivity contribution < 1.29 is 44.3 Å². The molecule has 1 saturated carbocycles. The van der Waals surface area contributed by atoms with Gasteiger partial charge >= 0.3 is 12.4 Å². The van der Waals surface area contributed by atoms with Crippen molar-refractivity contribution in [3.63, 3.8) is 0 Å². The molecule has 4 N–H and O–H groups in total.